The minimum Gasteiger partial charge on any atom is -0.299 e. The predicted molar refractivity (Wildman–Crippen MR) is 54.6 cm³/mol. The summed E-state index contributed by atoms with van der Waals surface area (Å²) in [6, 6.07) is 3.69. The summed E-state index contributed by atoms with van der Waals surface area (Å²) in [5.41, 5.74) is -0.595. The van der Waals surface area contributed by atoms with Gasteiger partial charge in [0.05, 0.1) is 10.3 Å². The number of hydrogen-bond donors (Lipinski definition) is 0. The van der Waals surface area contributed by atoms with Crippen molar-refractivity contribution in [3.63, 3.8) is 0 Å². The molecule has 0 unspecified atom stereocenters. The van der Waals surface area contributed by atoms with Crippen LogP contribution in [0.5, 0.6) is 0 Å². The van der Waals surface area contributed by atoms with Crippen molar-refractivity contribution in [2.24, 2.45) is 0 Å². The average molecular weight is 223 g/mol. The molecule has 0 spiro atoms. The zero-order chi connectivity index (χ0) is 11.9. The zero-order valence-electron chi connectivity index (χ0n) is 8.70. The van der Waals surface area contributed by atoms with E-state index in [0.29, 0.717) is 18.4 Å². The third kappa shape index (κ3) is 1.48. The van der Waals surface area contributed by atoms with E-state index in [4.69, 9.17) is 0 Å². The molecule has 1 aliphatic carbocycles. The first-order chi connectivity index (χ1) is 7.47. The summed E-state index contributed by atoms with van der Waals surface area (Å²) < 4.78 is 13.4. The maximum Gasteiger partial charge on any atom is 0.304 e. The fraction of sp³-hybridized carbons (Fsp3) is 0.364. The number of ketones is 1. The molecule has 1 aromatic carbocycles. The molecule has 0 aromatic heterocycles. The number of carbonyl (C=O) groups excluding carboxylic acids is 1. The van der Waals surface area contributed by atoms with Crippen molar-refractivity contribution in [3.8, 4) is 0 Å². The molecule has 2 rings (SSSR count). The molecule has 0 bridgehead atoms. The first-order valence-electron chi connectivity index (χ1n) is 4.93. The third-order valence-electron chi connectivity index (χ3n) is 3.12. The Bertz CT molecular complexity index is 480. The molecule has 0 heterocycles. The molecule has 84 valence electrons. The Balaban J connectivity index is 2.43. The van der Waals surface area contributed by atoms with E-state index >= 15 is 0 Å². The molecule has 0 N–H and O–H groups in total. The van der Waals surface area contributed by atoms with Gasteiger partial charge in [0, 0.05) is 6.07 Å². The van der Waals surface area contributed by atoms with Gasteiger partial charge in [0.15, 0.2) is 0 Å². The van der Waals surface area contributed by atoms with Crippen LogP contribution in [-0.4, -0.2) is 10.7 Å². The Morgan fingerprint density at radius 1 is 1.50 bits per heavy atom. The molecule has 0 amide bonds. The quantitative estimate of drug-likeness (QED) is 0.583. The van der Waals surface area contributed by atoms with Gasteiger partial charge < -0.3 is 0 Å². The normalized spacial score (nSPS) is 16.9. The van der Waals surface area contributed by atoms with Crippen molar-refractivity contribution in [2.45, 2.75) is 25.2 Å². The SMILES string of the molecule is CC(=O)C1(c2ccc([N+](=O)[O-])c(F)c2)CC1. The Labute approximate surface area is 91.2 Å². The minimum absolute atomic E-state index is 0.0132. The first-order valence-corrected chi connectivity index (χ1v) is 4.93. The van der Waals surface area contributed by atoms with Crippen LogP contribution in [0.3, 0.4) is 0 Å². The molecule has 0 radical (unpaired) electrons. The molecule has 16 heavy (non-hydrogen) atoms. The summed E-state index contributed by atoms with van der Waals surface area (Å²) in [4.78, 5) is 21.1. The second kappa shape index (κ2) is 3.37. The van der Waals surface area contributed by atoms with E-state index in [9.17, 15) is 19.3 Å². The summed E-state index contributed by atoms with van der Waals surface area (Å²) >= 11 is 0. The predicted octanol–water partition coefficient (Wildman–Crippen LogP) is 2.35. The summed E-state index contributed by atoms with van der Waals surface area (Å²) in [7, 11) is 0. The van der Waals surface area contributed by atoms with Gasteiger partial charge in [-0.25, -0.2) is 0 Å². The number of benzene rings is 1. The van der Waals surface area contributed by atoms with Crippen molar-refractivity contribution < 1.29 is 14.1 Å². The number of carbonyl (C=O) groups is 1. The van der Waals surface area contributed by atoms with Gasteiger partial charge in [-0.3, -0.25) is 14.9 Å². The number of hydrogen-bond acceptors (Lipinski definition) is 3. The maximum atomic E-state index is 13.4. The highest BCUT2D eigenvalue weighted by Crippen LogP contribution is 2.49. The van der Waals surface area contributed by atoms with Crippen LogP contribution in [0.4, 0.5) is 10.1 Å². The standard InChI is InChI=1S/C11H10FNO3/c1-7(14)11(4-5-11)8-2-3-10(13(15)16)9(12)6-8/h2-3,6H,4-5H2,1H3. The molecule has 1 fully saturated rings. The van der Waals surface area contributed by atoms with Gasteiger partial charge in [0.2, 0.25) is 5.82 Å². The van der Waals surface area contributed by atoms with E-state index in [2.05, 4.69) is 0 Å². The lowest BCUT2D eigenvalue weighted by Crippen LogP contribution is -2.17. The number of nitrogens with zero attached hydrogens (tertiary/aromatic N) is 1. The van der Waals surface area contributed by atoms with Gasteiger partial charge in [0.1, 0.15) is 5.78 Å². The van der Waals surface area contributed by atoms with Crippen LogP contribution in [-0.2, 0) is 10.2 Å². The molecular weight excluding hydrogens is 213 g/mol. The molecule has 4 nitrogen and oxygen atoms in total. The van der Waals surface area contributed by atoms with Crippen LogP contribution in [0.25, 0.3) is 0 Å². The van der Waals surface area contributed by atoms with Crippen LogP contribution in [0.15, 0.2) is 18.2 Å². The van der Waals surface area contributed by atoms with Crippen molar-refractivity contribution in [1.82, 2.24) is 0 Å². The van der Waals surface area contributed by atoms with E-state index < -0.39 is 21.8 Å². The second-order valence-electron chi connectivity index (χ2n) is 4.06. The molecule has 0 aliphatic heterocycles. The Kier molecular flexibility index (Phi) is 2.26. The van der Waals surface area contributed by atoms with Crippen molar-refractivity contribution >= 4 is 11.5 Å². The molecule has 0 atom stereocenters. The number of rotatable bonds is 3. The molecule has 0 saturated heterocycles. The van der Waals surface area contributed by atoms with Crippen molar-refractivity contribution in [1.29, 1.82) is 0 Å². The van der Waals surface area contributed by atoms with Crippen LogP contribution in [0, 0.1) is 15.9 Å². The monoisotopic (exact) mass is 223 g/mol. The van der Waals surface area contributed by atoms with Crippen LogP contribution >= 0.6 is 0 Å². The molecular formula is C11H10FNO3. The Morgan fingerprint density at radius 3 is 2.50 bits per heavy atom. The summed E-state index contributed by atoms with van der Waals surface area (Å²) in [5.74, 6) is -0.893. The first kappa shape index (κ1) is 10.7. The highest BCUT2D eigenvalue weighted by atomic mass is 19.1. The summed E-state index contributed by atoms with van der Waals surface area (Å²) in [5, 5.41) is 10.4. The highest BCUT2D eigenvalue weighted by molar-refractivity contribution is 5.91. The fourth-order valence-corrected chi connectivity index (χ4v) is 1.92. The Morgan fingerprint density at radius 2 is 2.12 bits per heavy atom. The lowest BCUT2D eigenvalue weighted by molar-refractivity contribution is -0.387. The van der Waals surface area contributed by atoms with E-state index in [1.807, 2.05) is 0 Å². The number of Topliss-reactive ketones (excluding diaryl/α,β-unsaturated/α-hetero) is 1. The summed E-state index contributed by atoms with van der Waals surface area (Å²) in [6.07, 6.45) is 1.39. The van der Waals surface area contributed by atoms with Gasteiger partial charge in [-0.2, -0.15) is 4.39 Å². The van der Waals surface area contributed by atoms with E-state index in [1.54, 1.807) is 0 Å². The van der Waals surface area contributed by atoms with Crippen LogP contribution in [0.2, 0.25) is 0 Å². The molecule has 1 aromatic rings. The van der Waals surface area contributed by atoms with E-state index in [0.717, 1.165) is 12.1 Å². The smallest absolute Gasteiger partial charge is 0.299 e. The van der Waals surface area contributed by atoms with Crippen molar-refractivity contribution in [3.05, 3.63) is 39.7 Å². The molecule has 5 heteroatoms. The second-order valence-corrected chi connectivity index (χ2v) is 4.06. The van der Waals surface area contributed by atoms with Gasteiger partial charge in [-0.05, 0) is 31.4 Å². The minimum atomic E-state index is -0.880. The molecule has 1 saturated carbocycles. The van der Waals surface area contributed by atoms with E-state index in [1.165, 1.54) is 13.0 Å². The number of nitro groups is 1. The maximum absolute atomic E-state index is 13.4. The van der Waals surface area contributed by atoms with Gasteiger partial charge >= 0.3 is 5.69 Å². The molecule has 1 aliphatic rings. The van der Waals surface area contributed by atoms with Crippen LogP contribution < -0.4 is 0 Å². The lowest BCUT2D eigenvalue weighted by Gasteiger charge is -2.11. The average Bonchev–Trinajstić information content (AvgIpc) is 2.97. The van der Waals surface area contributed by atoms with Gasteiger partial charge in [-0.15, -0.1) is 0 Å². The lowest BCUT2D eigenvalue weighted by atomic mass is 9.92. The third-order valence-corrected chi connectivity index (χ3v) is 3.12. The van der Waals surface area contributed by atoms with Gasteiger partial charge in [-0.1, -0.05) is 6.07 Å². The zero-order valence-corrected chi connectivity index (χ0v) is 8.70. The van der Waals surface area contributed by atoms with Crippen LogP contribution in [0.1, 0.15) is 25.3 Å². The van der Waals surface area contributed by atoms with E-state index in [-0.39, 0.29) is 5.78 Å². The largest absolute Gasteiger partial charge is 0.304 e. The number of halogens is 1. The van der Waals surface area contributed by atoms with Gasteiger partial charge in [0.25, 0.3) is 0 Å². The number of nitro benzene ring substituents is 1. The topological polar surface area (TPSA) is 60.2 Å². The Hall–Kier alpha value is -1.78. The van der Waals surface area contributed by atoms with Crippen molar-refractivity contribution in [2.75, 3.05) is 0 Å². The fourth-order valence-electron chi connectivity index (χ4n) is 1.92. The highest BCUT2D eigenvalue weighted by Gasteiger charge is 2.49. The summed E-state index contributed by atoms with van der Waals surface area (Å²) in [6.45, 7) is 1.46.